The van der Waals surface area contributed by atoms with Crippen LogP contribution in [0.1, 0.15) is 29.4 Å². The zero-order valence-electron chi connectivity index (χ0n) is 14.7. The van der Waals surface area contributed by atoms with Crippen molar-refractivity contribution in [2.24, 2.45) is 5.92 Å². The Hall–Kier alpha value is -2.25. The average Bonchev–Trinajstić information content (AvgIpc) is 3.13. The third kappa shape index (κ3) is 3.64. The number of hydrogen-bond donors (Lipinski definition) is 2. The molecule has 1 aromatic heterocycles. The van der Waals surface area contributed by atoms with Gasteiger partial charge in [-0.1, -0.05) is 12.1 Å². The topological polar surface area (TPSA) is 74.3 Å². The maximum absolute atomic E-state index is 12.6. The number of amides is 2. The predicted molar refractivity (Wildman–Crippen MR) is 102 cm³/mol. The first-order chi connectivity index (χ1) is 12.6. The molecule has 3 aliphatic rings. The molecule has 5 rings (SSSR count). The molecule has 0 spiro atoms. The molecule has 2 aromatic rings. The van der Waals surface area contributed by atoms with Crippen molar-refractivity contribution in [2.75, 3.05) is 25.0 Å². The molecule has 0 saturated carbocycles. The normalized spacial score (nSPS) is 24.3. The van der Waals surface area contributed by atoms with E-state index in [1.165, 1.54) is 31.1 Å². The summed E-state index contributed by atoms with van der Waals surface area (Å²) in [5.41, 5.74) is 1.62. The molecule has 4 heterocycles. The summed E-state index contributed by atoms with van der Waals surface area (Å²) in [4.78, 5) is 31.3. The number of nitrogens with one attached hydrogen (secondary N) is 2. The molecule has 1 aromatic carbocycles. The number of anilines is 1. The maximum atomic E-state index is 12.6. The summed E-state index contributed by atoms with van der Waals surface area (Å²) in [6.45, 7) is 4.76. The smallest absolute Gasteiger partial charge is 0.263 e. The van der Waals surface area contributed by atoms with Gasteiger partial charge in [0.1, 0.15) is 9.88 Å². The Labute approximate surface area is 156 Å². The number of fused-ring (bicyclic) bond motifs is 3. The van der Waals surface area contributed by atoms with Crippen molar-refractivity contribution < 1.29 is 9.59 Å². The Balaban J connectivity index is 1.46. The van der Waals surface area contributed by atoms with Gasteiger partial charge in [0.2, 0.25) is 5.91 Å². The summed E-state index contributed by atoms with van der Waals surface area (Å²) in [6, 6.07) is 7.75. The van der Waals surface area contributed by atoms with E-state index >= 15 is 0 Å². The Morgan fingerprint density at radius 2 is 2.08 bits per heavy atom. The van der Waals surface area contributed by atoms with Gasteiger partial charge in [-0.05, 0) is 44.0 Å². The standard InChI is InChI=1S/C19H22N4O2S/c1-12(24)21-15-4-2-3-14(9-15)19-20-10-17(26-19)18(25)22-16-11-23-7-5-13(16)6-8-23/h2-4,9-10,13,16H,5-8,11H2,1H3,(H,21,24)(H,22,25). The first-order valence-electron chi connectivity index (χ1n) is 8.95. The fourth-order valence-corrected chi connectivity index (χ4v) is 4.63. The van der Waals surface area contributed by atoms with E-state index in [0.717, 1.165) is 35.9 Å². The highest BCUT2D eigenvalue weighted by Crippen LogP contribution is 2.29. The van der Waals surface area contributed by atoms with Gasteiger partial charge in [0, 0.05) is 30.8 Å². The highest BCUT2D eigenvalue weighted by Gasteiger charge is 2.35. The molecule has 2 amide bonds. The van der Waals surface area contributed by atoms with Crippen LogP contribution < -0.4 is 10.6 Å². The lowest BCUT2D eigenvalue weighted by molar-refractivity contribution is -0.114. The zero-order valence-corrected chi connectivity index (χ0v) is 15.5. The van der Waals surface area contributed by atoms with Crippen molar-refractivity contribution >= 4 is 28.8 Å². The SMILES string of the molecule is CC(=O)Nc1cccc(-c2ncc(C(=O)NC3CN4CCC3CC4)s2)c1. The number of nitrogens with zero attached hydrogens (tertiary/aromatic N) is 2. The first-order valence-corrected chi connectivity index (χ1v) is 9.77. The second-order valence-electron chi connectivity index (χ2n) is 7.01. The van der Waals surface area contributed by atoms with E-state index in [4.69, 9.17) is 0 Å². The highest BCUT2D eigenvalue weighted by atomic mass is 32.1. The number of hydrogen-bond acceptors (Lipinski definition) is 5. The maximum Gasteiger partial charge on any atom is 0.263 e. The van der Waals surface area contributed by atoms with Gasteiger partial charge < -0.3 is 15.5 Å². The molecule has 3 aliphatic heterocycles. The molecular weight excluding hydrogens is 348 g/mol. The van der Waals surface area contributed by atoms with Crippen LogP contribution >= 0.6 is 11.3 Å². The number of rotatable bonds is 4. The quantitative estimate of drug-likeness (QED) is 0.868. The molecule has 6 nitrogen and oxygen atoms in total. The van der Waals surface area contributed by atoms with Crippen LogP contribution in [0.2, 0.25) is 0 Å². The van der Waals surface area contributed by atoms with Crippen molar-refractivity contribution in [3.63, 3.8) is 0 Å². The summed E-state index contributed by atoms with van der Waals surface area (Å²) in [7, 11) is 0. The largest absolute Gasteiger partial charge is 0.347 e. The summed E-state index contributed by atoms with van der Waals surface area (Å²) >= 11 is 1.38. The lowest BCUT2D eigenvalue weighted by Gasteiger charge is -2.44. The van der Waals surface area contributed by atoms with Crippen molar-refractivity contribution in [1.82, 2.24) is 15.2 Å². The van der Waals surface area contributed by atoms with Gasteiger partial charge in [0.15, 0.2) is 0 Å². The predicted octanol–water partition coefficient (Wildman–Crippen LogP) is 2.59. The molecular formula is C19H22N4O2S. The molecule has 1 atom stereocenters. The first kappa shape index (κ1) is 17.2. The van der Waals surface area contributed by atoms with Gasteiger partial charge >= 0.3 is 0 Å². The van der Waals surface area contributed by atoms with Crippen molar-refractivity contribution in [3.05, 3.63) is 35.3 Å². The molecule has 3 fully saturated rings. The molecule has 7 heteroatoms. The summed E-state index contributed by atoms with van der Waals surface area (Å²) < 4.78 is 0. The number of aromatic nitrogens is 1. The van der Waals surface area contributed by atoms with Gasteiger partial charge in [0.25, 0.3) is 5.91 Å². The summed E-state index contributed by atoms with van der Waals surface area (Å²) in [5.74, 6) is 0.454. The fourth-order valence-electron chi connectivity index (χ4n) is 3.81. The molecule has 0 radical (unpaired) electrons. The Morgan fingerprint density at radius 3 is 2.77 bits per heavy atom. The third-order valence-electron chi connectivity index (χ3n) is 5.13. The lowest BCUT2D eigenvalue weighted by atomic mass is 9.84. The van der Waals surface area contributed by atoms with E-state index in [1.54, 1.807) is 6.20 Å². The van der Waals surface area contributed by atoms with E-state index in [-0.39, 0.29) is 17.9 Å². The van der Waals surface area contributed by atoms with Crippen molar-refractivity contribution in [3.8, 4) is 10.6 Å². The minimum Gasteiger partial charge on any atom is -0.347 e. The minimum absolute atomic E-state index is 0.0366. The third-order valence-corrected chi connectivity index (χ3v) is 6.18. The molecule has 1 unspecified atom stereocenters. The molecule has 2 N–H and O–H groups in total. The highest BCUT2D eigenvalue weighted by molar-refractivity contribution is 7.16. The van der Waals surface area contributed by atoms with Gasteiger partial charge in [-0.3, -0.25) is 9.59 Å². The average molecular weight is 370 g/mol. The fraction of sp³-hybridized carbons (Fsp3) is 0.421. The second kappa shape index (κ2) is 7.17. The van der Waals surface area contributed by atoms with E-state index in [9.17, 15) is 9.59 Å². The Bertz CT molecular complexity index is 826. The zero-order chi connectivity index (χ0) is 18.1. The Morgan fingerprint density at radius 1 is 1.27 bits per heavy atom. The minimum atomic E-state index is -0.112. The van der Waals surface area contributed by atoms with Crippen LogP contribution in [0, 0.1) is 5.92 Å². The summed E-state index contributed by atoms with van der Waals surface area (Å²) in [5, 5.41) is 6.74. The van der Waals surface area contributed by atoms with Gasteiger partial charge in [-0.25, -0.2) is 4.98 Å². The molecule has 2 bridgehead atoms. The van der Waals surface area contributed by atoms with Crippen LogP contribution in [-0.2, 0) is 4.79 Å². The van der Waals surface area contributed by atoms with Gasteiger partial charge in [0.05, 0.1) is 6.20 Å². The number of thiazole rings is 1. The number of piperidine rings is 3. The van der Waals surface area contributed by atoms with E-state index in [2.05, 4.69) is 20.5 Å². The van der Waals surface area contributed by atoms with Crippen molar-refractivity contribution in [2.45, 2.75) is 25.8 Å². The number of carbonyl (C=O) groups is 2. The Kier molecular flexibility index (Phi) is 4.74. The van der Waals surface area contributed by atoms with E-state index < -0.39 is 0 Å². The molecule has 26 heavy (non-hydrogen) atoms. The monoisotopic (exact) mass is 370 g/mol. The van der Waals surface area contributed by atoms with Crippen LogP contribution in [0.3, 0.4) is 0 Å². The molecule has 3 saturated heterocycles. The van der Waals surface area contributed by atoms with Gasteiger partial charge in [-0.2, -0.15) is 0 Å². The van der Waals surface area contributed by atoms with Crippen LogP contribution in [-0.4, -0.2) is 47.4 Å². The van der Waals surface area contributed by atoms with Crippen LogP contribution in [0.4, 0.5) is 5.69 Å². The lowest BCUT2D eigenvalue weighted by Crippen LogP contribution is -2.57. The van der Waals surface area contributed by atoms with E-state index in [1.807, 2.05) is 24.3 Å². The van der Waals surface area contributed by atoms with Crippen LogP contribution in [0.15, 0.2) is 30.5 Å². The summed E-state index contributed by atoms with van der Waals surface area (Å²) in [6.07, 6.45) is 3.99. The molecule has 0 aliphatic carbocycles. The van der Waals surface area contributed by atoms with Crippen molar-refractivity contribution in [1.29, 1.82) is 0 Å². The number of benzene rings is 1. The number of carbonyl (C=O) groups excluding carboxylic acids is 2. The van der Waals surface area contributed by atoms with Crippen LogP contribution in [0.5, 0.6) is 0 Å². The van der Waals surface area contributed by atoms with Crippen LogP contribution in [0.25, 0.3) is 10.6 Å². The second-order valence-corrected chi connectivity index (χ2v) is 8.04. The molecule has 136 valence electrons. The van der Waals surface area contributed by atoms with Gasteiger partial charge in [-0.15, -0.1) is 11.3 Å². The van der Waals surface area contributed by atoms with E-state index in [0.29, 0.717) is 10.8 Å².